The molecule has 2 nitrogen and oxygen atoms in total. The van der Waals surface area contributed by atoms with Crippen LogP contribution in [0.2, 0.25) is 0 Å². The van der Waals surface area contributed by atoms with Gasteiger partial charge in [0.25, 0.3) is 0 Å². The monoisotopic (exact) mass is 142 g/mol. The third-order valence-corrected chi connectivity index (χ3v) is 2.43. The second-order valence-corrected chi connectivity index (χ2v) is 3.27. The second-order valence-electron chi connectivity index (χ2n) is 3.27. The van der Waals surface area contributed by atoms with Crippen LogP contribution in [0.25, 0.3) is 0 Å². The summed E-state index contributed by atoms with van der Waals surface area (Å²) in [6.45, 7) is 1.10. The van der Waals surface area contributed by atoms with Crippen LogP contribution < -0.4 is 11.1 Å². The van der Waals surface area contributed by atoms with Gasteiger partial charge in [0, 0.05) is 6.04 Å². The minimum Gasteiger partial charge on any atom is -0.327 e. The van der Waals surface area contributed by atoms with Crippen LogP contribution in [0, 0.1) is 5.92 Å². The summed E-state index contributed by atoms with van der Waals surface area (Å²) in [7, 11) is 2.00. The minimum atomic E-state index is 0.459. The average Bonchev–Trinajstić information content (AvgIpc) is 1.94. The fourth-order valence-corrected chi connectivity index (χ4v) is 1.75. The highest BCUT2D eigenvalue weighted by molar-refractivity contribution is 4.78. The Morgan fingerprint density at radius 1 is 1.40 bits per heavy atom. The highest BCUT2D eigenvalue weighted by Gasteiger charge is 2.20. The van der Waals surface area contributed by atoms with E-state index in [0.717, 1.165) is 12.5 Å². The number of nitrogens with one attached hydrogen (secondary N) is 1. The molecular weight excluding hydrogens is 124 g/mol. The quantitative estimate of drug-likeness (QED) is 0.596. The van der Waals surface area contributed by atoms with Crippen molar-refractivity contribution in [2.45, 2.75) is 31.7 Å². The van der Waals surface area contributed by atoms with Crippen molar-refractivity contribution in [3.05, 3.63) is 0 Å². The third-order valence-electron chi connectivity index (χ3n) is 2.43. The first-order chi connectivity index (χ1) is 4.84. The number of hydrogen-bond donors (Lipinski definition) is 2. The largest absolute Gasteiger partial charge is 0.327 e. The maximum absolute atomic E-state index is 5.93. The van der Waals surface area contributed by atoms with Gasteiger partial charge in [0.05, 0.1) is 0 Å². The van der Waals surface area contributed by atoms with E-state index in [-0.39, 0.29) is 0 Å². The van der Waals surface area contributed by atoms with Crippen LogP contribution in [-0.2, 0) is 0 Å². The second kappa shape index (κ2) is 3.94. The van der Waals surface area contributed by atoms with Gasteiger partial charge in [-0.2, -0.15) is 0 Å². The summed E-state index contributed by atoms with van der Waals surface area (Å²) in [5.74, 6) is 0.735. The van der Waals surface area contributed by atoms with Gasteiger partial charge < -0.3 is 11.1 Å². The lowest BCUT2D eigenvalue weighted by Crippen LogP contribution is -2.38. The van der Waals surface area contributed by atoms with Crippen LogP contribution in [0.4, 0.5) is 0 Å². The van der Waals surface area contributed by atoms with Gasteiger partial charge in [-0.1, -0.05) is 12.8 Å². The molecule has 1 rings (SSSR count). The molecule has 2 unspecified atom stereocenters. The third kappa shape index (κ3) is 1.96. The van der Waals surface area contributed by atoms with Crippen LogP contribution >= 0.6 is 0 Å². The smallest absolute Gasteiger partial charge is 0.00792 e. The molecule has 0 saturated heterocycles. The molecule has 1 aliphatic carbocycles. The summed E-state index contributed by atoms with van der Waals surface area (Å²) in [6.07, 6.45) is 5.26. The number of hydrogen-bond acceptors (Lipinski definition) is 2. The summed E-state index contributed by atoms with van der Waals surface area (Å²) in [6, 6.07) is 0.459. The van der Waals surface area contributed by atoms with E-state index in [2.05, 4.69) is 5.32 Å². The highest BCUT2D eigenvalue weighted by atomic mass is 14.8. The molecule has 3 N–H and O–H groups in total. The summed E-state index contributed by atoms with van der Waals surface area (Å²) in [5, 5.41) is 3.19. The van der Waals surface area contributed by atoms with Gasteiger partial charge in [0.15, 0.2) is 0 Å². The molecule has 0 heterocycles. The Labute approximate surface area is 63.2 Å². The van der Waals surface area contributed by atoms with Crippen molar-refractivity contribution >= 4 is 0 Å². The van der Waals surface area contributed by atoms with Crippen molar-refractivity contribution in [3.8, 4) is 0 Å². The fraction of sp³-hybridized carbons (Fsp3) is 1.00. The van der Waals surface area contributed by atoms with Gasteiger partial charge in [-0.25, -0.2) is 0 Å². The van der Waals surface area contributed by atoms with Crippen molar-refractivity contribution in [1.82, 2.24) is 5.32 Å². The Bertz CT molecular complexity index is 91.3. The van der Waals surface area contributed by atoms with Gasteiger partial charge in [-0.05, 0) is 32.4 Å². The van der Waals surface area contributed by atoms with Gasteiger partial charge in [0.1, 0.15) is 0 Å². The van der Waals surface area contributed by atoms with E-state index < -0.39 is 0 Å². The summed E-state index contributed by atoms with van der Waals surface area (Å²) in [5.41, 5.74) is 5.93. The lowest BCUT2D eigenvalue weighted by Gasteiger charge is -2.28. The normalized spacial score (nSPS) is 34.2. The van der Waals surface area contributed by atoms with E-state index in [0.29, 0.717) is 6.04 Å². The SMILES string of the molecule is CNCC1CCCCC1N. The minimum absolute atomic E-state index is 0.459. The maximum atomic E-state index is 5.93. The van der Waals surface area contributed by atoms with E-state index in [9.17, 15) is 0 Å². The number of rotatable bonds is 2. The van der Waals surface area contributed by atoms with Crippen molar-refractivity contribution < 1.29 is 0 Å². The van der Waals surface area contributed by atoms with Gasteiger partial charge in [-0.3, -0.25) is 0 Å². The van der Waals surface area contributed by atoms with Crippen LogP contribution in [0.5, 0.6) is 0 Å². The molecule has 1 saturated carbocycles. The summed E-state index contributed by atoms with van der Waals surface area (Å²) in [4.78, 5) is 0. The topological polar surface area (TPSA) is 38.0 Å². The van der Waals surface area contributed by atoms with Gasteiger partial charge >= 0.3 is 0 Å². The molecule has 1 aliphatic rings. The maximum Gasteiger partial charge on any atom is 0.00792 e. The first-order valence-electron chi connectivity index (χ1n) is 4.24. The Morgan fingerprint density at radius 2 is 2.10 bits per heavy atom. The zero-order valence-electron chi connectivity index (χ0n) is 6.77. The molecule has 10 heavy (non-hydrogen) atoms. The molecule has 0 aromatic rings. The van der Waals surface area contributed by atoms with Crippen LogP contribution in [0.1, 0.15) is 25.7 Å². The zero-order chi connectivity index (χ0) is 7.40. The van der Waals surface area contributed by atoms with E-state index >= 15 is 0 Å². The molecule has 2 heteroatoms. The highest BCUT2D eigenvalue weighted by Crippen LogP contribution is 2.21. The molecule has 1 fully saturated rings. The van der Waals surface area contributed by atoms with Crippen LogP contribution in [0.3, 0.4) is 0 Å². The van der Waals surface area contributed by atoms with Crippen molar-refractivity contribution in [2.75, 3.05) is 13.6 Å². The Balaban J connectivity index is 2.25. The molecule has 0 amide bonds. The van der Waals surface area contributed by atoms with Gasteiger partial charge in [0.2, 0.25) is 0 Å². The van der Waals surface area contributed by atoms with Crippen molar-refractivity contribution in [3.63, 3.8) is 0 Å². The van der Waals surface area contributed by atoms with Crippen LogP contribution in [-0.4, -0.2) is 19.6 Å². The van der Waals surface area contributed by atoms with E-state index in [1.54, 1.807) is 0 Å². The molecule has 0 radical (unpaired) electrons. The van der Waals surface area contributed by atoms with Crippen molar-refractivity contribution in [1.29, 1.82) is 0 Å². The molecule has 60 valence electrons. The van der Waals surface area contributed by atoms with E-state index in [4.69, 9.17) is 5.73 Å². The first-order valence-corrected chi connectivity index (χ1v) is 4.24. The number of nitrogens with two attached hydrogens (primary N) is 1. The predicted molar refractivity (Wildman–Crippen MR) is 43.9 cm³/mol. The lowest BCUT2D eigenvalue weighted by molar-refractivity contribution is 0.302. The molecule has 0 spiro atoms. The lowest BCUT2D eigenvalue weighted by atomic mass is 9.85. The summed E-state index contributed by atoms with van der Waals surface area (Å²) < 4.78 is 0. The molecule has 0 aliphatic heterocycles. The Hall–Kier alpha value is -0.0800. The van der Waals surface area contributed by atoms with Crippen LogP contribution in [0.15, 0.2) is 0 Å². The molecule has 0 aromatic heterocycles. The van der Waals surface area contributed by atoms with Gasteiger partial charge in [-0.15, -0.1) is 0 Å². The van der Waals surface area contributed by atoms with E-state index in [1.807, 2.05) is 7.05 Å². The summed E-state index contributed by atoms with van der Waals surface area (Å²) >= 11 is 0. The van der Waals surface area contributed by atoms with Crippen molar-refractivity contribution in [2.24, 2.45) is 11.7 Å². The Morgan fingerprint density at radius 3 is 2.70 bits per heavy atom. The average molecular weight is 142 g/mol. The van der Waals surface area contributed by atoms with E-state index in [1.165, 1.54) is 25.7 Å². The molecular formula is C8H18N2. The molecule has 0 aromatic carbocycles. The Kier molecular flexibility index (Phi) is 3.16. The predicted octanol–water partition coefficient (Wildman–Crippen LogP) is 0.723. The molecule has 2 atom stereocenters. The fourth-order valence-electron chi connectivity index (χ4n) is 1.75. The zero-order valence-corrected chi connectivity index (χ0v) is 6.77. The molecule has 0 bridgehead atoms. The standard InChI is InChI=1S/C8H18N2/c1-10-6-7-4-2-3-5-8(7)9/h7-8,10H,2-6,9H2,1H3. The first kappa shape index (κ1) is 8.02.